The van der Waals surface area contributed by atoms with Gasteiger partial charge in [-0.05, 0) is 30.7 Å². The Morgan fingerprint density at radius 2 is 2.29 bits per heavy atom. The fraction of sp³-hybridized carbons (Fsp3) is 0.438. The van der Waals surface area contributed by atoms with E-state index in [1.807, 2.05) is 30.0 Å². The zero-order valence-electron chi connectivity index (χ0n) is 12.3. The van der Waals surface area contributed by atoms with Crippen LogP contribution in [0.1, 0.15) is 18.6 Å². The summed E-state index contributed by atoms with van der Waals surface area (Å²) in [7, 11) is 1.80. The second-order valence-electron chi connectivity index (χ2n) is 5.19. The zero-order valence-corrected chi connectivity index (χ0v) is 13.1. The molecule has 1 aliphatic heterocycles. The first-order valence-corrected chi connectivity index (χ1v) is 8.43. The van der Waals surface area contributed by atoms with Gasteiger partial charge < -0.3 is 15.1 Å². The number of guanidine groups is 1. The van der Waals surface area contributed by atoms with E-state index < -0.39 is 0 Å². The molecule has 2 aromatic rings. The lowest BCUT2D eigenvalue weighted by molar-refractivity contribution is 0.538. The third-order valence-electron chi connectivity index (χ3n) is 3.65. The van der Waals surface area contributed by atoms with Crippen LogP contribution in [0, 0.1) is 0 Å². The lowest BCUT2D eigenvalue weighted by Crippen LogP contribution is -2.39. The summed E-state index contributed by atoms with van der Waals surface area (Å²) in [6.07, 6.45) is 2.64. The van der Waals surface area contributed by atoms with Gasteiger partial charge in [0.25, 0.3) is 0 Å². The average molecular weight is 303 g/mol. The summed E-state index contributed by atoms with van der Waals surface area (Å²) in [6.45, 7) is 1.62. The Balaban J connectivity index is 1.52. The first-order valence-electron chi connectivity index (χ1n) is 7.39. The molecule has 0 spiro atoms. The van der Waals surface area contributed by atoms with Gasteiger partial charge in [0.2, 0.25) is 0 Å². The minimum atomic E-state index is 0.645. The van der Waals surface area contributed by atoms with E-state index in [2.05, 4.69) is 27.8 Å². The van der Waals surface area contributed by atoms with E-state index in [4.69, 9.17) is 4.42 Å². The summed E-state index contributed by atoms with van der Waals surface area (Å²) in [6, 6.07) is 10.1. The van der Waals surface area contributed by atoms with Crippen LogP contribution in [0.5, 0.6) is 0 Å². The summed E-state index contributed by atoms with van der Waals surface area (Å²) in [5, 5.41) is 8.55. The van der Waals surface area contributed by atoms with Crippen LogP contribution in [0.2, 0.25) is 0 Å². The summed E-state index contributed by atoms with van der Waals surface area (Å²) in [4.78, 5) is 4.26. The fourth-order valence-corrected chi connectivity index (χ4v) is 3.73. The van der Waals surface area contributed by atoms with E-state index in [1.54, 1.807) is 7.05 Å². The number of aliphatic imine (C=N–C) groups is 1. The first-order chi connectivity index (χ1) is 10.3. The number of para-hydroxylation sites is 1. The molecule has 0 radical (unpaired) electrons. The number of nitrogens with one attached hydrogen (secondary N) is 2. The highest BCUT2D eigenvalue weighted by Crippen LogP contribution is 2.25. The molecule has 1 atom stereocenters. The number of hydrogen-bond acceptors (Lipinski definition) is 3. The summed E-state index contributed by atoms with van der Waals surface area (Å²) in [5.41, 5.74) is 0.930. The van der Waals surface area contributed by atoms with Crippen LogP contribution < -0.4 is 10.6 Å². The molecule has 1 unspecified atom stereocenters. The Labute approximate surface area is 129 Å². The smallest absolute Gasteiger partial charge is 0.191 e. The maximum absolute atomic E-state index is 5.79. The minimum Gasteiger partial charge on any atom is -0.459 e. The van der Waals surface area contributed by atoms with Gasteiger partial charge >= 0.3 is 0 Å². The molecule has 5 heteroatoms. The van der Waals surface area contributed by atoms with Gasteiger partial charge in [-0.3, -0.25) is 4.99 Å². The molecule has 21 heavy (non-hydrogen) atoms. The molecule has 1 aromatic carbocycles. The third kappa shape index (κ3) is 3.73. The van der Waals surface area contributed by atoms with Gasteiger partial charge in [0.05, 0.1) is 6.54 Å². The molecular weight excluding hydrogens is 282 g/mol. The number of hydrogen-bond donors (Lipinski definition) is 2. The van der Waals surface area contributed by atoms with Gasteiger partial charge in [0.15, 0.2) is 5.96 Å². The molecule has 1 aliphatic rings. The molecule has 112 valence electrons. The molecule has 1 saturated heterocycles. The fourth-order valence-electron chi connectivity index (χ4n) is 2.53. The van der Waals surface area contributed by atoms with Crippen molar-refractivity contribution in [3.63, 3.8) is 0 Å². The minimum absolute atomic E-state index is 0.645. The van der Waals surface area contributed by atoms with Crippen molar-refractivity contribution in [3.05, 3.63) is 36.1 Å². The molecule has 4 nitrogen and oxygen atoms in total. The average Bonchev–Trinajstić information content (AvgIpc) is 3.16. The maximum atomic E-state index is 5.79. The molecule has 1 aromatic heterocycles. The molecule has 0 bridgehead atoms. The van der Waals surface area contributed by atoms with Crippen LogP contribution in [0.4, 0.5) is 0 Å². The van der Waals surface area contributed by atoms with Crippen LogP contribution in [-0.2, 0) is 6.54 Å². The summed E-state index contributed by atoms with van der Waals surface area (Å²) >= 11 is 2.05. The molecule has 3 rings (SSSR count). The van der Waals surface area contributed by atoms with Crippen LogP contribution in [-0.4, -0.2) is 30.6 Å². The molecular formula is C16H21N3OS. The monoisotopic (exact) mass is 303 g/mol. The van der Waals surface area contributed by atoms with Gasteiger partial charge in [-0.1, -0.05) is 18.2 Å². The van der Waals surface area contributed by atoms with Crippen LogP contribution in [0.3, 0.4) is 0 Å². The normalized spacial score (nSPS) is 19.1. The van der Waals surface area contributed by atoms with Crippen molar-refractivity contribution in [2.24, 2.45) is 4.99 Å². The van der Waals surface area contributed by atoms with E-state index in [0.717, 1.165) is 34.5 Å². The van der Waals surface area contributed by atoms with Crippen molar-refractivity contribution in [2.75, 3.05) is 19.3 Å². The van der Waals surface area contributed by atoms with E-state index in [0.29, 0.717) is 6.54 Å². The Hall–Kier alpha value is -1.62. The van der Waals surface area contributed by atoms with Gasteiger partial charge in [-0.15, -0.1) is 0 Å². The second kappa shape index (κ2) is 6.89. The molecule has 2 heterocycles. The van der Waals surface area contributed by atoms with Crippen molar-refractivity contribution >= 4 is 28.7 Å². The molecule has 0 saturated carbocycles. The van der Waals surface area contributed by atoms with Crippen LogP contribution in [0.25, 0.3) is 11.0 Å². The largest absolute Gasteiger partial charge is 0.459 e. The van der Waals surface area contributed by atoms with Crippen molar-refractivity contribution in [2.45, 2.75) is 24.6 Å². The predicted octanol–water partition coefficient (Wildman–Crippen LogP) is 2.99. The quantitative estimate of drug-likeness (QED) is 0.673. The number of rotatable bonds is 4. The van der Waals surface area contributed by atoms with Gasteiger partial charge in [0.1, 0.15) is 11.3 Å². The third-order valence-corrected chi connectivity index (χ3v) is 5.05. The maximum Gasteiger partial charge on any atom is 0.191 e. The standard InChI is InChI=1S/C16H21N3OS/c1-17-16(19-11-14-6-4-8-21-14)18-10-13-9-12-5-2-3-7-15(12)20-13/h2-3,5,7,9,14H,4,6,8,10-11H2,1H3,(H2,17,18,19). The van der Waals surface area contributed by atoms with E-state index in [1.165, 1.54) is 18.6 Å². The van der Waals surface area contributed by atoms with E-state index in [-0.39, 0.29) is 0 Å². The molecule has 0 amide bonds. The molecule has 2 N–H and O–H groups in total. The Bertz CT molecular complexity index is 584. The van der Waals surface area contributed by atoms with Crippen molar-refractivity contribution < 1.29 is 4.42 Å². The Morgan fingerprint density at radius 1 is 1.38 bits per heavy atom. The second-order valence-corrected chi connectivity index (χ2v) is 6.60. The van der Waals surface area contributed by atoms with Gasteiger partial charge in [0, 0.05) is 24.2 Å². The zero-order chi connectivity index (χ0) is 14.5. The topological polar surface area (TPSA) is 49.6 Å². The lowest BCUT2D eigenvalue weighted by atomic mass is 10.2. The van der Waals surface area contributed by atoms with E-state index >= 15 is 0 Å². The highest BCUT2D eigenvalue weighted by Gasteiger charge is 2.15. The van der Waals surface area contributed by atoms with Crippen molar-refractivity contribution in [1.29, 1.82) is 0 Å². The lowest BCUT2D eigenvalue weighted by Gasteiger charge is -2.14. The number of thioether (sulfide) groups is 1. The predicted molar refractivity (Wildman–Crippen MR) is 89.9 cm³/mol. The van der Waals surface area contributed by atoms with Crippen LogP contribution in [0.15, 0.2) is 39.7 Å². The number of fused-ring (bicyclic) bond motifs is 1. The summed E-state index contributed by atoms with van der Waals surface area (Å²) in [5.74, 6) is 3.05. The summed E-state index contributed by atoms with van der Waals surface area (Å²) < 4.78 is 5.79. The van der Waals surface area contributed by atoms with Gasteiger partial charge in [-0.2, -0.15) is 11.8 Å². The first kappa shape index (κ1) is 14.3. The highest BCUT2D eigenvalue weighted by molar-refractivity contribution is 8.00. The molecule has 0 aliphatic carbocycles. The molecule has 1 fully saturated rings. The Kier molecular flexibility index (Phi) is 4.70. The van der Waals surface area contributed by atoms with Crippen molar-refractivity contribution in [3.8, 4) is 0 Å². The highest BCUT2D eigenvalue weighted by atomic mass is 32.2. The SMILES string of the molecule is CN=C(NCc1cc2ccccc2o1)NCC1CCCS1. The van der Waals surface area contributed by atoms with Gasteiger partial charge in [-0.25, -0.2) is 0 Å². The number of furan rings is 1. The van der Waals surface area contributed by atoms with Crippen molar-refractivity contribution in [1.82, 2.24) is 10.6 Å². The van der Waals surface area contributed by atoms with E-state index in [9.17, 15) is 0 Å². The van der Waals surface area contributed by atoms with Crippen LogP contribution >= 0.6 is 11.8 Å². The number of nitrogens with zero attached hydrogens (tertiary/aromatic N) is 1. The number of benzene rings is 1. The Morgan fingerprint density at radius 3 is 3.05 bits per heavy atom.